The molecule has 1 N–H and O–H groups in total. The first-order valence-electron chi connectivity index (χ1n) is 9.66. The Hall–Kier alpha value is -2.73. The average molecular weight is 380 g/mol. The highest BCUT2D eigenvalue weighted by atomic mass is 16.2. The SMILES string of the molecule is CC(C)(C)C(=O)Nc1cccc(C(=O)N2CCN(Cc3ccccn3)CC2)c1. The Morgan fingerprint density at radius 2 is 1.79 bits per heavy atom. The van der Waals surface area contributed by atoms with Crippen molar-refractivity contribution in [2.75, 3.05) is 31.5 Å². The minimum atomic E-state index is -0.482. The molecule has 2 amide bonds. The lowest BCUT2D eigenvalue weighted by atomic mass is 9.95. The first kappa shape index (κ1) is 20.0. The summed E-state index contributed by atoms with van der Waals surface area (Å²) in [4.78, 5) is 33.6. The van der Waals surface area contributed by atoms with Gasteiger partial charge < -0.3 is 10.2 Å². The molecule has 0 atom stereocenters. The van der Waals surface area contributed by atoms with Crippen LogP contribution in [-0.2, 0) is 11.3 Å². The Morgan fingerprint density at radius 3 is 2.43 bits per heavy atom. The fraction of sp³-hybridized carbons (Fsp3) is 0.409. The number of anilines is 1. The lowest BCUT2D eigenvalue weighted by molar-refractivity contribution is -0.123. The van der Waals surface area contributed by atoms with Gasteiger partial charge in [-0.05, 0) is 30.3 Å². The molecule has 1 fully saturated rings. The second-order valence-corrected chi connectivity index (χ2v) is 8.17. The van der Waals surface area contributed by atoms with Crippen LogP contribution in [0.15, 0.2) is 48.7 Å². The number of carbonyl (C=O) groups is 2. The number of hydrogen-bond acceptors (Lipinski definition) is 4. The molecule has 28 heavy (non-hydrogen) atoms. The number of rotatable bonds is 4. The van der Waals surface area contributed by atoms with Crippen LogP contribution in [0.3, 0.4) is 0 Å². The fourth-order valence-electron chi connectivity index (χ4n) is 3.06. The predicted molar refractivity (Wildman–Crippen MR) is 110 cm³/mol. The van der Waals surface area contributed by atoms with Crippen molar-refractivity contribution in [2.45, 2.75) is 27.3 Å². The third kappa shape index (κ3) is 5.16. The van der Waals surface area contributed by atoms with Crippen molar-refractivity contribution in [3.05, 3.63) is 59.9 Å². The molecule has 0 bridgehead atoms. The van der Waals surface area contributed by atoms with E-state index in [1.54, 1.807) is 18.3 Å². The number of nitrogens with zero attached hydrogens (tertiary/aromatic N) is 3. The summed E-state index contributed by atoms with van der Waals surface area (Å²) in [6, 6.07) is 13.1. The summed E-state index contributed by atoms with van der Waals surface area (Å²) < 4.78 is 0. The van der Waals surface area contributed by atoms with Crippen molar-refractivity contribution >= 4 is 17.5 Å². The number of nitrogens with one attached hydrogen (secondary N) is 1. The van der Waals surface area contributed by atoms with E-state index in [4.69, 9.17) is 0 Å². The topological polar surface area (TPSA) is 65.5 Å². The predicted octanol–water partition coefficient (Wildman–Crippen LogP) is 3.02. The molecule has 0 saturated carbocycles. The van der Waals surface area contributed by atoms with Crippen LogP contribution in [0.2, 0.25) is 0 Å². The van der Waals surface area contributed by atoms with Gasteiger partial charge in [0.25, 0.3) is 5.91 Å². The molecule has 0 unspecified atom stereocenters. The van der Waals surface area contributed by atoms with E-state index in [0.29, 0.717) is 24.3 Å². The molecule has 0 aliphatic carbocycles. The molecule has 6 heteroatoms. The molecule has 1 aliphatic rings. The van der Waals surface area contributed by atoms with Gasteiger partial charge in [0, 0.05) is 55.6 Å². The van der Waals surface area contributed by atoms with Crippen molar-refractivity contribution in [1.29, 1.82) is 0 Å². The minimum Gasteiger partial charge on any atom is -0.336 e. The summed E-state index contributed by atoms with van der Waals surface area (Å²) in [6.45, 7) is 9.41. The second kappa shape index (κ2) is 8.52. The highest BCUT2D eigenvalue weighted by Crippen LogP contribution is 2.19. The van der Waals surface area contributed by atoms with Crippen LogP contribution < -0.4 is 5.32 Å². The first-order chi connectivity index (χ1) is 13.3. The zero-order valence-corrected chi connectivity index (χ0v) is 16.8. The highest BCUT2D eigenvalue weighted by Gasteiger charge is 2.24. The van der Waals surface area contributed by atoms with Crippen LogP contribution in [0.1, 0.15) is 36.8 Å². The number of piperazine rings is 1. The van der Waals surface area contributed by atoms with E-state index in [1.165, 1.54) is 0 Å². The van der Waals surface area contributed by atoms with E-state index in [1.807, 2.05) is 56.0 Å². The monoisotopic (exact) mass is 380 g/mol. The summed E-state index contributed by atoms with van der Waals surface area (Å²) >= 11 is 0. The van der Waals surface area contributed by atoms with Crippen LogP contribution in [0.4, 0.5) is 5.69 Å². The Morgan fingerprint density at radius 1 is 1.04 bits per heavy atom. The van der Waals surface area contributed by atoms with Gasteiger partial charge in [-0.15, -0.1) is 0 Å². The lowest BCUT2D eigenvalue weighted by Gasteiger charge is -2.34. The summed E-state index contributed by atoms with van der Waals surface area (Å²) in [5.41, 5.74) is 1.82. The van der Waals surface area contributed by atoms with Crippen molar-refractivity contribution in [3.8, 4) is 0 Å². The van der Waals surface area contributed by atoms with Gasteiger partial charge in [0.05, 0.1) is 5.69 Å². The molecule has 148 valence electrons. The van der Waals surface area contributed by atoms with Crippen LogP contribution in [0, 0.1) is 5.41 Å². The summed E-state index contributed by atoms with van der Waals surface area (Å²) in [6.07, 6.45) is 1.81. The second-order valence-electron chi connectivity index (χ2n) is 8.17. The maximum Gasteiger partial charge on any atom is 0.254 e. The molecule has 1 saturated heterocycles. The molecule has 3 rings (SSSR count). The van der Waals surface area contributed by atoms with Gasteiger partial charge in [0.15, 0.2) is 0 Å². The third-order valence-electron chi connectivity index (χ3n) is 4.82. The Bertz CT molecular complexity index is 822. The average Bonchev–Trinajstić information content (AvgIpc) is 2.68. The summed E-state index contributed by atoms with van der Waals surface area (Å²) in [5, 5.41) is 2.89. The normalized spacial score (nSPS) is 15.3. The smallest absolute Gasteiger partial charge is 0.254 e. The van der Waals surface area contributed by atoms with Gasteiger partial charge in [-0.3, -0.25) is 19.5 Å². The fourth-order valence-corrected chi connectivity index (χ4v) is 3.06. The van der Waals surface area contributed by atoms with Crippen molar-refractivity contribution in [2.24, 2.45) is 5.41 Å². The van der Waals surface area contributed by atoms with Gasteiger partial charge in [0.1, 0.15) is 0 Å². The molecule has 1 aromatic heterocycles. The van der Waals surface area contributed by atoms with E-state index in [2.05, 4.69) is 15.2 Å². The highest BCUT2D eigenvalue weighted by molar-refractivity contribution is 5.98. The molecular formula is C22H28N4O2. The first-order valence-corrected chi connectivity index (χ1v) is 9.66. The van der Waals surface area contributed by atoms with Gasteiger partial charge in [-0.25, -0.2) is 0 Å². The van der Waals surface area contributed by atoms with Crippen LogP contribution in [0.25, 0.3) is 0 Å². The molecule has 2 aromatic rings. The molecule has 0 spiro atoms. The van der Waals surface area contributed by atoms with Crippen molar-refractivity contribution in [1.82, 2.24) is 14.8 Å². The van der Waals surface area contributed by atoms with E-state index >= 15 is 0 Å². The number of aromatic nitrogens is 1. The molecule has 0 radical (unpaired) electrons. The molecule has 1 aliphatic heterocycles. The van der Waals surface area contributed by atoms with E-state index in [-0.39, 0.29) is 11.8 Å². The zero-order valence-electron chi connectivity index (χ0n) is 16.8. The number of pyridine rings is 1. The van der Waals surface area contributed by atoms with E-state index in [0.717, 1.165) is 25.3 Å². The Kier molecular flexibility index (Phi) is 6.09. The van der Waals surface area contributed by atoms with Gasteiger partial charge in [0.2, 0.25) is 5.91 Å². The number of benzene rings is 1. The molecular weight excluding hydrogens is 352 g/mol. The summed E-state index contributed by atoms with van der Waals surface area (Å²) in [7, 11) is 0. The number of carbonyl (C=O) groups excluding carboxylic acids is 2. The van der Waals surface area contributed by atoms with Gasteiger partial charge >= 0.3 is 0 Å². The summed E-state index contributed by atoms with van der Waals surface area (Å²) in [5.74, 6) is -0.0652. The maximum atomic E-state index is 12.9. The van der Waals surface area contributed by atoms with Crippen LogP contribution in [-0.4, -0.2) is 52.8 Å². The van der Waals surface area contributed by atoms with Gasteiger partial charge in [-0.1, -0.05) is 32.9 Å². The quantitative estimate of drug-likeness (QED) is 0.885. The Balaban J connectivity index is 1.58. The molecule has 2 heterocycles. The van der Waals surface area contributed by atoms with Crippen molar-refractivity contribution < 1.29 is 9.59 Å². The zero-order chi connectivity index (χ0) is 20.1. The van der Waals surface area contributed by atoms with Crippen LogP contribution in [0.5, 0.6) is 0 Å². The third-order valence-corrected chi connectivity index (χ3v) is 4.82. The van der Waals surface area contributed by atoms with Crippen molar-refractivity contribution in [3.63, 3.8) is 0 Å². The largest absolute Gasteiger partial charge is 0.336 e. The molecule has 6 nitrogen and oxygen atoms in total. The van der Waals surface area contributed by atoms with E-state index in [9.17, 15) is 9.59 Å². The lowest BCUT2D eigenvalue weighted by Crippen LogP contribution is -2.48. The number of amides is 2. The number of hydrogen-bond donors (Lipinski definition) is 1. The molecule has 1 aromatic carbocycles. The Labute approximate surface area is 166 Å². The van der Waals surface area contributed by atoms with Crippen LogP contribution >= 0.6 is 0 Å². The van der Waals surface area contributed by atoms with Gasteiger partial charge in [-0.2, -0.15) is 0 Å². The standard InChI is InChI=1S/C22H28N4O2/c1-22(2,3)21(28)24-18-9-6-7-17(15-18)20(27)26-13-11-25(12-14-26)16-19-8-4-5-10-23-19/h4-10,15H,11-14,16H2,1-3H3,(H,24,28). The minimum absolute atomic E-state index is 0.00402. The van der Waals surface area contributed by atoms with E-state index < -0.39 is 5.41 Å². The maximum absolute atomic E-state index is 12.9.